The van der Waals surface area contributed by atoms with Crippen molar-refractivity contribution < 1.29 is 0 Å². The van der Waals surface area contributed by atoms with E-state index in [2.05, 4.69) is 35.9 Å². The van der Waals surface area contributed by atoms with Crippen molar-refractivity contribution in [2.24, 2.45) is 0 Å². The molecule has 4 heteroatoms. The number of benzene rings is 1. The van der Waals surface area contributed by atoms with Crippen LogP contribution < -0.4 is 5.73 Å². The van der Waals surface area contributed by atoms with Crippen molar-refractivity contribution in [2.75, 3.05) is 5.73 Å². The quantitative estimate of drug-likeness (QED) is 0.774. The number of nitrogens with zero attached hydrogens (tertiary/aromatic N) is 3. The summed E-state index contributed by atoms with van der Waals surface area (Å²) in [7, 11) is 0. The molecule has 0 saturated heterocycles. The summed E-state index contributed by atoms with van der Waals surface area (Å²) in [5.74, 6) is 0.508. The molecule has 3 aromatic rings. The van der Waals surface area contributed by atoms with Crippen LogP contribution in [-0.4, -0.2) is 14.5 Å². The highest BCUT2D eigenvalue weighted by Crippen LogP contribution is 2.28. The van der Waals surface area contributed by atoms with Crippen LogP contribution in [0.25, 0.3) is 11.2 Å². The lowest BCUT2D eigenvalue weighted by Crippen LogP contribution is -2.11. The van der Waals surface area contributed by atoms with Gasteiger partial charge in [0.05, 0.1) is 6.04 Å². The molecule has 102 valence electrons. The summed E-state index contributed by atoms with van der Waals surface area (Å²) in [6.07, 6.45) is 1.85. The molecule has 2 heterocycles. The first-order chi connectivity index (χ1) is 9.58. The Morgan fingerprint density at radius 1 is 1.20 bits per heavy atom. The van der Waals surface area contributed by atoms with E-state index in [0.29, 0.717) is 5.95 Å². The van der Waals surface area contributed by atoms with Crippen LogP contribution >= 0.6 is 0 Å². The van der Waals surface area contributed by atoms with Crippen molar-refractivity contribution in [3.8, 4) is 0 Å². The van der Waals surface area contributed by atoms with Crippen LogP contribution in [0.5, 0.6) is 0 Å². The number of imidazole rings is 1. The number of nitrogen functional groups attached to an aromatic ring is 1. The van der Waals surface area contributed by atoms with Gasteiger partial charge in [0.15, 0.2) is 5.65 Å². The molecule has 0 fully saturated rings. The van der Waals surface area contributed by atoms with Gasteiger partial charge in [-0.25, -0.2) is 9.97 Å². The molecule has 0 aliphatic heterocycles. The van der Waals surface area contributed by atoms with Gasteiger partial charge in [0.1, 0.15) is 5.52 Å². The Morgan fingerprint density at radius 2 is 1.95 bits per heavy atom. The van der Waals surface area contributed by atoms with E-state index < -0.39 is 0 Å². The fourth-order valence-electron chi connectivity index (χ4n) is 2.68. The smallest absolute Gasteiger partial charge is 0.203 e. The molecule has 1 unspecified atom stereocenters. The standard InChI is InChI=1S/C16H18N4/c1-10-8-14-15(18-9-10)20(16(17)19-14)12(3)13-7-5-4-6-11(13)2/h4-9,12H,1-3H3,(H2,17,19). The minimum Gasteiger partial charge on any atom is -0.369 e. The lowest BCUT2D eigenvalue weighted by Gasteiger charge is -2.18. The maximum absolute atomic E-state index is 6.10. The topological polar surface area (TPSA) is 56.7 Å². The second kappa shape index (κ2) is 4.63. The van der Waals surface area contributed by atoms with E-state index in [4.69, 9.17) is 5.73 Å². The Morgan fingerprint density at radius 3 is 2.70 bits per heavy atom. The Balaban J connectivity index is 2.19. The van der Waals surface area contributed by atoms with Gasteiger partial charge in [-0.05, 0) is 43.5 Å². The summed E-state index contributed by atoms with van der Waals surface area (Å²) in [5, 5.41) is 0. The summed E-state index contributed by atoms with van der Waals surface area (Å²) in [4.78, 5) is 8.93. The Bertz CT molecular complexity index is 773. The number of rotatable bonds is 2. The zero-order valence-corrected chi connectivity index (χ0v) is 12.0. The van der Waals surface area contributed by atoms with Gasteiger partial charge in [0, 0.05) is 6.20 Å². The van der Waals surface area contributed by atoms with E-state index >= 15 is 0 Å². The molecule has 1 aromatic carbocycles. The summed E-state index contributed by atoms with van der Waals surface area (Å²) >= 11 is 0. The average Bonchev–Trinajstić information content (AvgIpc) is 2.73. The van der Waals surface area contributed by atoms with Gasteiger partial charge >= 0.3 is 0 Å². The van der Waals surface area contributed by atoms with Crippen molar-refractivity contribution in [1.82, 2.24) is 14.5 Å². The molecule has 0 amide bonds. The van der Waals surface area contributed by atoms with E-state index in [1.165, 1.54) is 11.1 Å². The van der Waals surface area contributed by atoms with Gasteiger partial charge in [-0.15, -0.1) is 0 Å². The normalized spacial score (nSPS) is 12.8. The van der Waals surface area contributed by atoms with Crippen LogP contribution in [0.15, 0.2) is 36.5 Å². The van der Waals surface area contributed by atoms with Crippen LogP contribution in [0.3, 0.4) is 0 Å². The zero-order chi connectivity index (χ0) is 14.3. The first-order valence-corrected chi connectivity index (χ1v) is 6.73. The second-order valence-corrected chi connectivity index (χ2v) is 5.23. The molecule has 0 bridgehead atoms. The van der Waals surface area contributed by atoms with E-state index in [1.807, 2.05) is 35.9 Å². The molecule has 0 aliphatic carbocycles. The van der Waals surface area contributed by atoms with Crippen LogP contribution in [0.1, 0.15) is 29.7 Å². The Kier molecular flexibility index (Phi) is 2.93. The number of aromatic nitrogens is 3. The van der Waals surface area contributed by atoms with Crippen LogP contribution in [-0.2, 0) is 0 Å². The van der Waals surface area contributed by atoms with Crippen LogP contribution in [0.4, 0.5) is 5.95 Å². The van der Waals surface area contributed by atoms with Gasteiger partial charge in [0.25, 0.3) is 0 Å². The van der Waals surface area contributed by atoms with Gasteiger partial charge in [0.2, 0.25) is 5.95 Å². The molecule has 0 radical (unpaired) electrons. The van der Waals surface area contributed by atoms with E-state index in [1.54, 1.807) is 0 Å². The predicted octanol–water partition coefficient (Wildman–Crippen LogP) is 3.24. The van der Waals surface area contributed by atoms with E-state index in [0.717, 1.165) is 16.7 Å². The fraction of sp³-hybridized carbons (Fsp3) is 0.250. The first-order valence-electron chi connectivity index (χ1n) is 6.73. The minimum atomic E-state index is 0.108. The molecule has 0 aliphatic rings. The number of hydrogen-bond donors (Lipinski definition) is 1. The second-order valence-electron chi connectivity index (χ2n) is 5.23. The number of fused-ring (bicyclic) bond motifs is 1. The lowest BCUT2D eigenvalue weighted by molar-refractivity contribution is 0.658. The maximum atomic E-state index is 6.10. The summed E-state index contributed by atoms with van der Waals surface area (Å²) in [5.41, 5.74) is 11.4. The van der Waals surface area contributed by atoms with Crippen molar-refractivity contribution >= 4 is 17.1 Å². The highest BCUT2D eigenvalue weighted by molar-refractivity contribution is 5.75. The van der Waals surface area contributed by atoms with Gasteiger partial charge in [-0.1, -0.05) is 24.3 Å². The molecule has 0 saturated carbocycles. The largest absolute Gasteiger partial charge is 0.369 e. The van der Waals surface area contributed by atoms with Gasteiger partial charge in [-0.3, -0.25) is 4.57 Å². The number of hydrogen-bond acceptors (Lipinski definition) is 3. The average molecular weight is 266 g/mol. The van der Waals surface area contributed by atoms with Crippen molar-refractivity contribution in [2.45, 2.75) is 26.8 Å². The van der Waals surface area contributed by atoms with Gasteiger partial charge in [-0.2, -0.15) is 0 Å². The molecular weight excluding hydrogens is 248 g/mol. The van der Waals surface area contributed by atoms with E-state index in [9.17, 15) is 0 Å². The zero-order valence-electron chi connectivity index (χ0n) is 12.0. The minimum absolute atomic E-state index is 0.108. The SMILES string of the molecule is Cc1cnc2c(c1)nc(N)n2C(C)c1ccccc1C. The third-order valence-corrected chi connectivity index (χ3v) is 3.72. The van der Waals surface area contributed by atoms with Crippen molar-refractivity contribution in [3.05, 3.63) is 53.2 Å². The van der Waals surface area contributed by atoms with Crippen molar-refractivity contribution in [1.29, 1.82) is 0 Å². The summed E-state index contributed by atoms with van der Waals surface area (Å²) in [6.45, 7) is 6.24. The predicted molar refractivity (Wildman–Crippen MR) is 81.7 cm³/mol. The molecule has 2 aromatic heterocycles. The van der Waals surface area contributed by atoms with Crippen LogP contribution in [0.2, 0.25) is 0 Å². The fourth-order valence-corrected chi connectivity index (χ4v) is 2.68. The molecule has 1 atom stereocenters. The number of anilines is 1. The highest BCUT2D eigenvalue weighted by Gasteiger charge is 2.17. The Labute approximate surface area is 118 Å². The number of aryl methyl sites for hydroxylation is 2. The molecule has 4 nitrogen and oxygen atoms in total. The van der Waals surface area contributed by atoms with E-state index in [-0.39, 0.29) is 6.04 Å². The number of nitrogens with two attached hydrogens (primary N) is 1. The summed E-state index contributed by atoms with van der Waals surface area (Å²) < 4.78 is 2.00. The monoisotopic (exact) mass is 266 g/mol. The molecule has 0 spiro atoms. The number of pyridine rings is 1. The van der Waals surface area contributed by atoms with Gasteiger partial charge < -0.3 is 5.73 Å². The molecular formula is C16H18N4. The maximum Gasteiger partial charge on any atom is 0.203 e. The molecule has 20 heavy (non-hydrogen) atoms. The third-order valence-electron chi connectivity index (χ3n) is 3.72. The lowest BCUT2D eigenvalue weighted by atomic mass is 10.0. The highest BCUT2D eigenvalue weighted by atomic mass is 15.2. The van der Waals surface area contributed by atoms with Crippen LogP contribution in [0, 0.1) is 13.8 Å². The third kappa shape index (κ3) is 1.93. The Hall–Kier alpha value is -2.36. The summed E-state index contributed by atoms with van der Waals surface area (Å²) in [6, 6.07) is 10.4. The van der Waals surface area contributed by atoms with Crippen molar-refractivity contribution in [3.63, 3.8) is 0 Å². The molecule has 2 N–H and O–H groups in total. The first kappa shape index (κ1) is 12.7. The molecule has 3 rings (SSSR count).